The van der Waals surface area contributed by atoms with Crippen molar-refractivity contribution < 1.29 is 4.79 Å². The van der Waals surface area contributed by atoms with E-state index in [1.165, 1.54) is 0 Å². The van der Waals surface area contributed by atoms with Crippen LogP contribution in [0.2, 0.25) is 5.02 Å². The second-order valence-corrected chi connectivity index (χ2v) is 6.35. The van der Waals surface area contributed by atoms with Crippen LogP contribution in [0.4, 0.5) is 0 Å². The number of halogens is 2. The molecule has 5 heteroatoms. The number of nitrogens with zero attached hydrogens (tertiary/aromatic N) is 1. The maximum absolute atomic E-state index is 12.5. The second kappa shape index (κ2) is 6.25. The minimum atomic E-state index is -0.00310. The fraction of sp³-hybridized carbons (Fsp3) is 0.500. The second-order valence-electron chi connectivity index (χ2n) is 5.11. The molecular formula is C14H18BrClN2O. The van der Waals surface area contributed by atoms with Crippen molar-refractivity contribution in [3.05, 3.63) is 33.3 Å². The van der Waals surface area contributed by atoms with Crippen molar-refractivity contribution >= 4 is 33.4 Å². The molecule has 1 aromatic rings. The predicted octanol–water partition coefficient (Wildman–Crippen LogP) is 3.16. The molecule has 1 aromatic carbocycles. The lowest BCUT2D eigenvalue weighted by Gasteiger charge is -2.36. The SMILES string of the molecule is CC1CCN(C(=O)c2cccc(Br)c2Cl)CC1CN. The Kier molecular flexibility index (Phi) is 4.87. The molecule has 0 radical (unpaired) electrons. The molecule has 1 aliphatic heterocycles. The van der Waals surface area contributed by atoms with Crippen LogP contribution >= 0.6 is 27.5 Å². The molecule has 2 unspecified atom stereocenters. The topological polar surface area (TPSA) is 46.3 Å². The summed E-state index contributed by atoms with van der Waals surface area (Å²) in [5.74, 6) is 0.951. The van der Waals surface area contributed by atoms with Crippen LogP contribution in [-0.4, -0.2) is 30.4 Å². The molecule has 1 heterocycles. The zero-order valence-corrected chi connectivity index (χ0v) is 13.2. The highest BCUT2D eigenvalue weighted by Crippen LogP contribution is 2.29. The van der Waals surface area contributed by atoms with Crippen LogP contribution in [0.3, 0.4) is 0 Å². The molecule has 3 nitrogen and oxygen atoms in total. The number of carbonyl (C=O) groups is 1. The summed E-state index contributed by atoms with van der Waals surface area (Å²) in [6, 6.07) is 5.43. The van der Waals surface area contributed by atoms with Crippen molar-refractivity contribution in [2.24, 2.45) is 17.6 Å². The lowest BCUT2D eigenvalue weighted by molar-refractivity contribution is 0.0618. The largest absolute Gasteiger partial charge is 0.338 e. The predicted molar refractivity (Wildman–Crippen MR) is 81.4 cm³/mol. The lowest BCUT2D eigenvalue weighted by Crippen LogP contribution is -2.45. The van der Waals surface area contributed by atoms with Crippen molar-refractivity contribution in [2.45, 2.75) is 13.3 Å². The van der Waals surface area contributed by atoms with E-state index in [2.05, 4.69) is 22.9 Å². The summed E-state index contributed by atoms with van der Waals surface area (Å²) >= 11 is 9.54. The van der Waals surface area contributed by atoms with Gasteiger partial charge < -0.3 is 10.6 Å². The van der Waals surface area contributed by atoms with Crippen LogP contribution in [0.25, 0.3) is 0 Å². The lowest BCUT2D eigenvalue weighted by atomic mass is 9.87. The number of hydrogen-bond donors (Lipinski definition) is 1. The Labute approximate surface area is 127 Å². The summed E-state index contributed by atoms with van der Waals surface area (Å²) in [6.07, 6.45) is 0.999. The molecule has 1 aliphatic rings. The number of nitrogens with two attached hydrogens (primary N) is 1. The number of piperidine rings is 1. The summed E-state index contributed by atoms with van der Waals surface area (Å²) < 4.78 is 0.751. The fourth-order valence-electron chi connectivity index (χ4n) is 2.48. The molecule has 0 aromatic heterocycles. The van der Waals surface area contributed by atoms with Gasteiger partial charge in [-0.25, -0.2) is 0 Å². The van der Waals surface area contributed by atoms with Crippen LogP contribution in [0.5, 0.6) is 0 Å². The van der Waals surface area contributed by atoms with Gasteiger partial charge in [0, 0.05) is 17.6 Å². The summed E-state index contributed by atoms with van der Waals surface area (Å²) in [5.41, 5.74) is 6.33. The van der Waals surface area contributed by atoms with Gasteiger partial charge in [-0.15, -0.1) is 0 Å². The van der Waals surface area contributed by atoms with Crippen molar-refractivity contribution in [2.75, 3.05) is 19.6 Å². The average molecular weight is 346 g/mol. The normalized spacial score (nSPS) is 23.5. The molecule has 0 saturated carbocycles. The molecule has 19 heavy (non-hydrogen) atoms. The first-order chi connectivity index (χ1) is 9.04. The summed E-state index contributed by atoms with van der Waals surface area (Å²) in [6.45, 7) is 4.32. The monoisotopic (exact) mass is 344 g/mol. The van der Waals surface area contributed by atoms with Gasteiger partial charge in [0.15, 0.2) is 0 Å². The molecule has 0 bridgehead atoms. The van der Waals surface area contributed by atoms with Crippen molar-refractivity contribution in [1.82, 2.24) is 4.90 Å². The molecule has 1 saturated heterocycles. The Hall–Kier alpha value is -0.580. The zero-order valence-electron chi connectivity index (χ0n) is 10.9. The number of likely N-dealkylation sites (tertiary alicyclic amines) is 1. The van der Waals surface area contributed by atoms with E-state index < -0.39 is 0 Å². The third-order valence-corrected chi connectivity index (χ3v) is 5.18. The highest BCUT2D eigenvalue weighted by Gasteiger charge is 2.29. The van der Waals surface area contributed by atoms with Crippen LogP contribution in [0.1, 0.15) is 23.7 Å². The summed E-state index contributed by atoms with van der Waals surface area (Å²) in [7, 11) is 0. The van der Waals surface area contributed by atoms with E-state index in [1.54, 1.807) is 6.07 Å². The molecule has 1 fully saturated rings. The zero-order chi connectivity index (χ0) is 14.0. The maximum atomic E-state index is 12.5. The Balaban J connectivity index is 2.18. The van der Waals surface area contributed by atoms with Gasteiger partial charge in [-0.3, -0.25) is 4.79 Å². The van der Waals surface area contributed by atoms with Crippen molar-refractivity contribution in [3.8, 4) is 0 Å². The van der Waals surface area contributed by atoms with Gasteiger partial charge in [-0.1, -0.05) is 24.6 Å². The molecule has 1 amide bonds. The number of hydrogen-bond acceptors (Lipinski definition) is 2. The third kappa shape index (κ3) is 3.12. The molecule has 2 rings (SSSR count). The van der Waals surface area contributed by atoms with Gasteiger partial charge in [0.2, 0.25) is 0 Å². The molecule has 104 valence electrons. The van der Waals surface area contributed by atoms with E-state index in [0.717, 1.165) is 24.0 Å². The van der Waals surface area contributed by atoms with E-state index in [4.69, 9.17) is 17.3 Å². The first-order valence-electron chi connectivity index (χ1n) is 6.48. The first-order valence-corrected chi connectivity index (χ1v) is 7.65. The molecule has 2 atom stereocenters. The number of amides is 1. The van der Waals surface area contributed by atoms with Crippen LogP contribution in [0, 0.1) is 11.8 Å². The first kappa shape index (κ1) is 14.8. The van der Waals surface area contributed by atoms with E-state index in [9.17, 15) is 4.79 Å². The standard InChI is InChI=1S/C14H18BrClN2O/c1-9-5-6-18(8-10(9)7-17)14(19)11-3-2-4-12(15)13(11)16/h2-4,9-10H,5-8,17H2,1H3. The van der Waals surface area contributed by atoms with Crippen LogP contribution < -0.4 is 5.73 Å². The van der Waals surface area contributed by atoms with Gasteiger partial charge in [-0.2, -0.15) is 0 Å². The Morgan fingerprint density at radius 1 is 1.58 bits per heavy atom. The van der Waals surface area contributed by atoms with Crippen LogP contribution in [-0.2, 0) is 0 Å². The van der Waals surface area contributed by atoms with Crippen molar-refractivity contribution in [1.29, 1.82) is 0 Å². The number of rotatable bonds is 2. The minimum absolute atomic E-state index is 0.00310. The number of benzene rings is 1. The maximum Gasteiger partial charge on any atom is 0.255 e. The minimum Gasteiger partial charge on any atom is -0.338 e. The van der Waals surface area contributed by atoms with Gasteiger partial charge >= 0.3 is 0 Å². The van der Waals surface area contributed by atoms with E-state index in [-0.39, 0.29) is 5.91 Å². The quantitative estimate of drug-likeness (QED) is 0.895. The molecule has 2 N–H and O–H groups in total. The highest BCUT2D eigenvalue weighted by molar-refractivity contribution is 9.10. The molecular weight excluding hydrogens is 328 g/mol. The van der Waals surface area contributed by atoms with E-state index in [0.29, 0.717) is 29.0 Å². The van der Waals surface area contributed by atoms with Crippen molar-refractivity contribution in [3.63, 3.8) is 0 Å². The van der Waals surface area contributed by atoms with Gasteiger partial charge in [0.1, 0.15) is 0 Å². The highest BCUT2D eigenvalue weighted by atomic mass is 79.9. The smallest absolute Gasteiger partial charge is 0.255 e. The van der Waals surface area contributed by atoms with Gasteiger partial charge in [-0.05, 0) is 52.9 Å². The van der Waals surface area contributed by atoms with E-state index in [1.807, 2.05) is 17.0 Å². The third-order valence-electron chi connectivity index (χ3n) is 3.89. The summed E-state index contributed by atoms with van der Waals surface area (Å²) in [4.78, 5) is 14.4. The van der Waals surface area contributed by atoms with Gasteiger partial charge in [0.05, 0.1) is 10.6 Å². The number of carbonyl (C=O) groups excluding carboxylic acids is 1. The van der Waals surface area contributed by atoms with Gasteiger partial charge in [0.25, 0.3) is 5.91 Å². The molecule has 0 aliphatic carbocycles. The van der Waals surface area contributed by atoms with E-state index >= 15 is 0 Å². The Bertz CT molecular complexity index is 481. The Morgan fingerprint density at radius 2 is 2.32 bits per heavy atom. The summed E-state index contributed by atoms with van der Waals surface area (Å²) in [5, 5.41) is 0.482. The average Bonchev–Trinajstić information content (AvgIpc) is 2.41. The molecule has 0 spiro atoms. The van der Waals surface area contributed by atoms with Crippen LogP contribution in [0.15, 0.2) is 22.7 Å². The Morgan fingerprint density at radius 3 is 3.00 bits per heavy atom. The fourth-order valence-corrected chi connectivity index (χ4v) is 3.05.